The van der Waals surface area contributed by atoms with Crippen LogP contribution in [0.3, 0.4) is 0 Å². The molecule has 0 saturated carbocycles. The fourth-order valence-electron chi connectivity index (χ4n) is 17.3. The van der Waals surface area contributed by atoms with Gasteiger partial charge in [-0.1, -0.05) is 167 Å². The average molecular weight is 1820 g/mol. The first-order valence-electron chi connectivity index (χ1n) is 46.4. The summed E-state index contributed by atoms with van der Waals surface area (Å²) in [6.07, 6.45) is 6.39. The SMILES string of the molecule is C=C(C)C[C@@H]1NC(=O)[C@H](C)N(C)C(=O)[C@H](Cc2ccccc2)NC(=O)CNC[C@@H](C(=O)NCC(N)=O)NC(=O)[C@H](CC(C)C)NC(=O)[C@H](CCCC)N(C)C(=O)[C@H](CCCC)N(C)C(=O)[C@H](Cc2c[nH]c3ccccc23)NC(=O)[C@H](CC(C)C)NC(=O)[C@H](Cc2c[nH]c3ccccc23)NC(=O)[C@@H]2CCCN2C(=O)[C@H](CC(C)C)NC(=O)[C@H](CC(C)C)NC(=O)[C@@H]2CCCN2C1=O. The number of H-pyrrole nitrogens is 2. The molecule has 131 heavy (non-hydrogen) atoms. The fourth-order valence-corrected chi connectivity index (χ4v) is 17.3. The number of carbonyl (C=O) groups is 16. The second kappa shape index (κ2) is 49.8. The highest BCUT2D eigenvalue weighted by atomic mass is 16.2. The number of nitrogens with zero attached hydrogens (tertiary/aromatic N) is 5. The summed E-state index contributed by atoms with van der Waals surface area (Å²) in [6.45, 7) is 24.1. The molecule has 0 bridgehead atoms. The number of hydrogen-bond acceptors (Lipinski definition) is 17. The van der Waals surface area contributed by atoms with Crippen LogP contribution in [-0.4, -0.2) is 267 Å². The average Bonchev–Trinajstić information content (AvgIpc) is 1.71. The molecule has 35 heteroatoms. The molecule has 5 heterocycles. The van der Waals surface area contributed by atoms with Gasteiger partial charge in [0.15, 0.2) is 0 Å². The van der Waals surface area contributed by atoms with E-state index >= 15 is 43.2 Å². The Morgan fingerprint density at radius 2 is 0.870 bits per heavy atom. The number of aromatic amines is 2. The molecule has 2 aromatic heterocycles. The van der Waals surface area contributed by atoms with Gasteiger partial charge in [-0.2, -0.15) is 0 Å². The number of para-hydroxylation sites is 2. The molecule has 8 rings (SSSR count). The van der Waals surface area contributed by atoms with Gasteiger partial charge in [0.1, 0.15) is 84.6 Å². The van der Waals surface area contributed by atoms with Crippen molar-refractivity contribution in [1.29, 1.82) is 0 Å². The number of benzene rings is 3. The molecule has 3 aliphatic rings. The van der Waals surface area contributed by atoms with E-state index < -0.39 is 199 Å². The topological polar surface area (TPSA) is 479 Å². The quantitative estimate of drug-likeness (QED) is 0.0363. The summed E-state index contributed by atoms with van der Waals surface area (Å²) in [7, 11) is 4.24. The highest BCUT2D eigenvalue weighted by molar-refractivity contribution is 6.02. The summed E-state index contributed by atoms with van der Waals surface area (Å²) >= 11 is 0. The molecule has 0 unspecified atom stereocenters. The van der Waals surface area contributed by atoms with Crippen LogP contribution in [0.4, 0.5) is 0 Å². The predicted octanol–water partition coefficient (Wildman–Crippen LogP) is 4.26. The Balaban J connectivity index is 1.19. The molecule has 3 saturated heterocycles. The normalized spacial score (nSPS) is 24.8. The zero-order valence-electron chi connectivity index (χ0n) is 78.9. The first-order valence-corrected chi connectivity index (χ1v) is 46.4. The molecule has 0 radical (unpaired) electrons. The Bertz CT molecular complexity index is 4830. The van der Waals surface area contributed by atoms with E-state index in [1.54, 1.807) is 63.5 Å². The van der Waals surface area contributed by atoms with E-state index in [0.717, 1.165) is 26.7 Å². The summed E-state index contributed by atoms with van der Waals surface area (Å²) in [5, 5.41) is 32.6. The van der Waals surface area contributed by atoms with Crippen LogP contribution in [0.2, 0.25) is 0 Å². The van der Waals surface area contributed by atoms with Crippen LogP contribution in [0, 0.1) is 23.7 Å². The number of rotatable bonds is 25. The van der Waals surface area contributed by atoms with Crippen LogP contribution in [-0.2, 0) is 96.0 Å². The molecule has 15 N–H and O–H groups in total. The highest BCUT2D eigenvalue weighted by Gasteiger charge is 2.46. The molecule has 0 aliphatic carbocycles. The van der Waals surface area contributed by atoms with Crippen molar-refractivity contribution < 1.29 is 76.7 Å². The van der Waals surface area contributed by atoms with Gasteiger partial charge in [-0.15, -0.1) is 6.58 Å². The number of carbonyl (C=O) groups excluding carboxylic acids is 16. The van der Waals surface area contributed by atoms with E-state index in [1.165, 1.54) is 47.7 Å². The van der Waals surface area contributed by atoms with E-state index in [0.29, 0.717) is 60.8 Å². The maximum atomic E-state index is 15.9. The largest absolute Gasteiger partial charge is 0.368 e. The summed E-state index contributed by atoms with van der Waals surface area (Å²) < 4.78 is 0. The summed E-state index contributed by atoms with van der Waals surface area (Å²) in [4.78, 5) is 251. The summed E-state index contributed by atoms with van der Waals surface area (Å²) in [5.41, 5.74) is 9.27. The maximum Gasteiger partial charge on any atom is 0.246 e. The van der Waals surface area contributed by atoms with Crippen LogP contribution >= 0.6 is 0 Å². The Morgan fingerprint density at radius 1 is 0.458 bits per heavy atom. The van der Waals surface area contributed by atoms with Crippen molar-refractivity contribution in [3.8, 4) is 0 Å². The third-order valence-corrected chi connectivity index (χ3v) is 24.4. The molecule has 3 aliphatic heterocycles. The van der Waals surface area contributed by atoms with Crippen LogP contribution in [0.5, 0.6) is 0 Å². The van der Waals surface area contributed by atoms with Crippen molar-refractivity contribution >= 4 is 116 Å². The van der Waals surface area contributed by atoms with E-state index in [2.05, 4.69) is 75.0 Å². The molecule has 16 amide bonds. The molecule has 35 nitrogen and oxygen atoms in total. The van der Waals surface area contributed by atoms with Gasteiger partial charge < -0.3 is 98.7 Å². The Hall–Kier alpha value is -12.0. The number of fused-ring (bicyclic) bond motifs is 4. The first kappa shape index (κ1) is 104. The standard InChI is InChI=1S/C96H141N19O16/c1-17-19-36-77-89(124)104-70(44-57(7)8)87(122)110-76(84(119)101-53-81(97)116)52-98-54-82(117)102-74(47-61-30-22-21-23-31-61)92(127)111(14)60(13)83(118)107-72(45-58(9)10)94(129)114-40-28-38-78(114)90(125)105-69(43-56(5)6)86(121)108-73(46-59(11)12)95(130)115-41-29-39-79(115)91(126)106-71(48-62-50-99-66-34-26-24-32-64(62)66)88(123)103-68(42-55(3)4)85(120)109-75(49-63-51-100-67-35-27-25-33-65(63)67)93(128)113(16)80(37-20-18-2)96(131)112(77)15/h21-27,30-35,50-51,55-57,59-60,68-80,98-100H,9,17-20,28-29,36-49,52-54H2,1-8,10-16H3,(H2,97,116)(H,101,119)(H,102,117)(H,103,123)(H,104,124)(H,105,125)(H,106,126)(H,107,118)(H,108,121)(H,109,120)(H,110,122)/t60-,68-,69-,70-,71-,72-,73-,74-,75-,76-,77-,78-,79-,80-/m0/s1. The number of aromatic nitrogens is 2. The second-order valence-electron chi connectivity index (χ2n) is 37.1. The summed E-state index contributed by atoms with van der Waals surface area (Å²) in [5.74, 6) is -12.9. The zero-order valence-corrected chi connectivity index (χ0v) is 78.9. The van der Waals surface area contributed by atoms with Gasteiger partial charge in [0, 0.05) is 94.2 Å². The molecule has 0 spiro atoms. The van der Waals surface area contributed by atoms with Crippen molar-refractivity contribution in [2.24, 2.45) is 29.4 Å². The molecule has 14 atom stereocenters. The molecule has 3 fully saturated rings. The minimum atomic E-state index is -1.56. The number of primary amides is 1. The van der Waals surface area contributed by atoms with Gasteiger partial charge >= 0.3 is 0 Å². The molecular weight excluding hydrogens is 1680 g/mol. The molecule has 716 valence electrons. The maximum absolute atomic E-state index is 15.9. The van der Waals surface area contributed by atoms with Crippen LogP contribution in [0.1, 0.15) is 196 Å². The van der Waals surface area contributed by atoms with E-state index in [9.17, 15) is 33.6 Å². The predicted molar refractivity (Wildman–Crippen MR) is 498 cm³/mol. The monoisotopic (exact) mass is 1820 g/mol. The van der Waals surface area contributed by atoms with Gasteiger partial charge in [-0.3, -0.25) is 76.7 Å². The van der Waals surface area contributed by atoms with Crippen molar-refractivity contribution in [1.82, 2.24) is 93.0 Å². The van der Waals surface area contributed by atoms with Gasteiger partial charge in [-0.25, -0.2) is 0 Å². The zero-order chi connectivity index (χ0) is 96.2. The number of nitrogens with one attached hydrogen (secondary N) is 13. The van der Waals surface area contributed by atoms with Crippen LogP contribution < -0.4 is 64.2 Å². The van der Waals surface area contributed by atoms with Gasteiger partial charge in [0.2, 0.25) is 94.5 Å². The van der Waals surface area contributed by atoms with Gasteiger partial charge in [-0.05, 0) is 137 Å². The van der Waals surface area contributed by atoms with Crippen LogP contribution in [0.15, 0.2) is 103 Å². The van der Waals surface area contributed by atoms with Gasteiger partial charge in [0.25, 0.3) is 0 Å². The third-order valence-electron chi connectivity index (χ3n) is 24.4. The minimum Gasteiger partial charge on any atom is -0.368 e. The van der Waals surface area contributed by atoms with E-state index in [4.69, 9.17) is 5.73 Å². The highest BCUT2D eigenvalue weighted by Crippen LogP contribution is 2.28. The minimum absolute atomic E-state index is 0.00740. The first-order chi connectivity index (χ1) is 62.2. The third kappa shape index (κ3) is 29.7. The lowest BCUT2D eigenvalue weighted by Crippen LogP contribution is -2.61. The lowest BCUT2D eigenvalue weighted by Gasteiger charge is -2.36. The van der Waals surface area contributed by atoms with E-state index in [1.807, 2.05) is 104 Å². The summed E-state index contributed by atoms with van der Waals surface area (Å²) in [6, 6.07) is 4.97. The Labute approximate surface area is 768 Å². The number of hydrogen-bond donors (Lipinski definition) is 14. The number of nitrogens with two attached hydrogens (primary N) is 1. The number of likely N-dealkylation sites (N-methyl/N-ethyl adjacent to an activating group) is 3. The second-order valence-corrected chi connectivity index (χ2v) is 37.1. The Morgan fingerprint density at radius 3 is 1.38 bits per heavy atom. The Kier molecular flexibility index (Phi) is 39.7. The van der Waals surface area contributed by atoms with E-state index in [-0.39, 0.29) is 114 Å². The smallest absolute Gasteiger partial charge is 0.246 e. The lowest BCUT2D eigenvalue weighted by molar-refractivity contribution is -0.149. The molecule has 3 aromatic carbocycles. The molecule has 5 aromatic rings. The molecular formula is C96H141N19O16. The fraction of sp³-hybridized carbons (Fsp3) is 0.583. The number of amides is 16. The lowest BCUT2D eigenvalue weighted by atomic mass is 9.98. The van der Waals surface area contributed by atoms with Crippen molar-refractivity contribution in [3.63, 3.8) is 0 Å². The van der Waals surface area contributed by atoms with Crippen molar-refractivity contribution in [2.75, 3.05) is 53.9 Å². The number of unbranched alkanes of at least 4 members (excludes halogenated alkanes) is 2. The van der Waals surface area contributed by atoms with Gasteiger partial charge in [0.05, 0.1) is 13.1 Å². The van der Waals surface area contributed by atoms with Crippen molar-refractivity contribution in [2.45, 2.75) is 283 Å². The van der Waals surface area contributed by atoms with Crippen LogP contribution in [0.25, 0.3) is 21.8 Å². The van der Waals surface area contributed by atoms with Crippen molar-refractivity contribution in [3.05, 3.63) is 120 Å².